The second kappa shape index (κ2) is 6.02. The molecule has 1 atom stereocenters. The van der Waals surface area contributed by atoms with Crippen LogP contribution in [0, 0.1) is 5.41 Å². The summed E-state index contributed by atoms with van der Waals surface area (Å²) in [4.78, 5) is 10.9. The van der Waals surface area contributed by atoms with Crippen LogP contribution in [0.15, 0.2) is 0 Å². The highest BCUT2D eigenvalue weighted by Gasteiger charge is 2.28. The van der Waals surface area contributed by atoms with Gasteiger partial charge in [-0.1, -0.05) is 34.1 Å². The van der Waals surface area contributed by atoms with Crippen LogP contribution in [0.1, 0.15) is 47.0 Å². The highest BCUT2D eigenvalue weighted by Crippen LogP contribution is 2.24. The van der Waals surface area contributed by atoms with Crippen molar-refractivity contribution >= 4 is 5.97 Å². The molecule has 0 bridgehead atoms. The first-order valence-corrected chi connectivity index (χ1v) is 5.27. The first-order chi connectivity index (χ1) is 6.44. The number of aliphatic hydroxyl groups excluding tert-OH is 1. The fourth-order valence-electron chi connectivity index (χ4n) is 1.13. The first-order valence-electron chi connectivity index (χ1n) is 5.27. The fraction of sp³-hybridized carbons (Fsp3) is 0.909. The van der Waals surface area contributed by atoms with Crippen LogP contribution in [-0.2, 0) is 9.53 Å². The first kappa shape index (κ1) is 13.4. The minimum atomic E-state index is -0.405. The third kappa shape index (κ3) is 4.61. The Hall–Kier alpha value is -0.570. The summed E-state index contributed by atoms with van der Waals surface area (Å²) in [5.74, 6) is -0.207. The van der Waals surface area contributed by atoms with E-state index in [1.54, 1.807) is 6.92 Å². The average molecular weight is 202 g/mol. The Kier molecular flexibility index (Phi) is 5.77. The van der Waals surface area contributed by atoms with Gasteiger partial charge in [0, 0.05) is 11.8 Å². The Balaban J connectivity index is 3.99. The number of esters is 1. The van der Waals surface area contributed by atoms with Gasteiger partial charge in [-0.05, 0) is 6.42 Å². The molecule has 0 amide bonds. The molecular formula is C11H22O3. The van der Waals surface area contributed by atoms with E-state index in [1.807, 2.05) is 20.8 Å². The topological polar surface area (TPSA) is 46.5 Å². The van der Waals surface area contributed by atoms with Gasteiger partial charge >= 0.3 is 5.97 Å². The lowest BCUT2D eigenvalue weighted by Crippen LogP contribution is -2.34. The van der Waals surface area contributed by atoms with Gasteiger partial charge in [0.25, 0.3) is 0 Å². The monoisotopic (exact) mass is 202 g/mol. The molecule has 0 saturated heterocycles. The molecule has 0 radical (unpaired) electrons. The van der Waals surface area contributed by atoms with Crippen molar-refractivity contribution in [1.82, 2.24) is 0 Å². The summed E-state index contributed by atoms with van der Waals surface area (Å²) in [6, 6.07) is 0. The van der Waals surface area contributed by atoms with Crippen molar-refractivity contribution in [3.8, 4) is 0 Å². The summed E-state index contributed by atoms with van der Waals surface area (Å²) < 4.78 is 5.02. The molecule has 0 rings (SSSR count). The lowest BCUT2D eigenvalue weighted by molar-refractivity contribution is -0.148. The smallest absolute Gasteiger partial charge is 0.305 e. The maximum absolute atomic E-state index is 10.9. The molecule has 0 aromatic carbocycles. The Bertz CT molecular complexity index is 175. The number of hydrogen-bond acceptors (Lipinski definition) is 3. The Morgan fingerprint density at radius 3 is 2.43 bits per heavy atom. The number of rotatable bonds is 6. The second-order valence-corrected chi connectivity index (χ2v) is 4.31. The third-order valence-corrected chi connectivity index (χ3v) is 2.36. The summed E-state index contributed by atoms with van der Waals surface area (Å²) in [5, 5.41) is 9.77. The molecule has 1 N–H and O–H groups in total. The molecule has 0 aromatic heterocycles. The number of ether oxygens (including phenoxy) is 1. The molecule has 0 aliphatic heterocycles. The summed E-state index contributed by atoms with van der Waals surface area (Å²) in [7, 11) is 0. The van der Waals surface area contributed by atoms with Gasteiger partial charge in [0.2, 0.25) is 0 Å². The predicted molar refractivity (Wildman–Crippen MR) is 55.9 cm³/mol. The van der Waals surface area contributed by atoms with E-state index in [2.05, 4.69) is 0 Å². The standard InChI is InChI=1S/C11H22O3/c1-5-7-9(12)11(3,4)8-14-10(13)6-2/h9,12H,5-8H2,1-4H3. The normalized spacial score (nSPS) is 13.8. The van der Waals surface area contributed by atoms with E-state index in [1.165, 1.54) is 0 Å². The zero-order valence-electron chi connectivity index (χ0n) is 9.67. The van der Waals surface area contributed by atoms with Crippen molar-refractivity contribution in [1.29, 1.82) is 0 Å². The molecule has 14 heavy (non-hydrogen) atoms. The van der Waals surface area contributed by atoms with Crippen molar-refractivity contribution in [3.63, 3.8) is 0 Å². The maximum Gasteiger partial charge on any atom is 0.305 e. The SMILES string of the molecule is CCCC(O)C(C)(C)COC(=O)CC. The van der Waals surface area contributed by atoms with Gasteiger partial charge in [0.1, 0.15) is 0 Å². The minimum Gasteiger partial charge on any atom is -0.465 e. The van der Waals surface area contributed by atoms with E-state index in [9.17, 15) is 9.90 Å². The molecule has 0 aliphatic carbocycles. The molecule has 0 saturated carbocycles. The Labute approximate surface area is 86.5 Å². The Morgan fingerprint density at radius 1 is 1.43 bits per heavy atom. The Morgan fingerprint density at radius 2 is 2.00 bits per heavy atom. The summed E-state index contributed by atoms with van der Waals surface area (Å²) in [5.41, 5.74) is -0.346. The van der Waals surface area contributed by atoms with Crippen LogP contribution in [0.25, 0.3) is 0 Å². The second-order valence-electron chi connectivity index (χ2n) is 4.31. The van der Waals surface area contributed by atoms with Crippen molar-refractivity contribution in [2.24, 2.45) is 5.41 Å². The maximum atomic E-state index is 10.9. The predicted octanol–water partition coefficient (Wildman–Crippen LogP) is 2.13. The van der Waals surface area contributed by atoms with Crippen molar-refractivity contribution < 1.29 is 14.6 Å². The zero-order valence-corrected chi connectivity index (χ0v) is 9.67. The minimum absolute atomic E-state index is 0.207. The van der Waals surface area contributed by atoms with Gasteiger partial charge in [0.15, 0.2) is 0 Å². The van der Waals surface area contributed by atoms with Crippen LogP contribution in [0.2, 0.25) is 0 Å². The van der Waals surface area contributed by atoms with Gasteiger partial charge < -0.3 is 9.84 Å². The lowest BCUT2D eigenvalue weighted by atomic mass is 9.85. The van der Waals surface area contributed by atoms with Crippen LogP contribution < -0.4 is 0 Å². The molecule has 0 aliphatic rings. The lowest BCUT2D eigenvalue weighted by Gasteiger charge is -2.29. The molecule has 3 nitrogen and oxygen atoms in total. The van der Waals surface area contributed by atoms with Gasteiger partial charge in [-0.2, -0.15) is 0 Å². The average Bonchev–Trinajstić information content (AvgIpc) is 2.14. The summed E-state index contributed by atoms with van der Waals surface area (Å²) in [6.45, 7) is 7.91. The molecule has 0 fully saturated rings. The van der Waals surface area contributed by atoms with Gasteiger partial charge in [0.05, 0.1) is 12.7 Å². The van der Waals surface area contributed by atoms with Crippen molar-refractivity contribution in [2.45, 2.75) is 53.1 Å². The molecule has 0 heterocycles. The van der Waals surface area contributed by atoms with Crippen LogP contribution >= 0.6 is 0 Å². The van der Waals surface area contributed by atoms with Crippen LogP contribution in [-0.4, -0.2) is 23.8 Å². The van der Waals surface area contributed by atoms with E-state index >= 15 is 0 Å². The van der Waals surface area contributed by atoms with E-state index in [4.69, 9.17) is 4.74 Å². The fourth-order valence-corrected chi connectivity index (χ4v) is 1.13. The van der Waals surface area contributed by atoms with Crippen molar-refractivity contribution in [3.05, 3.63) is 0 Å². The summed E-state index contributed by atoms with van der Waals surface area (Å²) >= 11 is 0. The van der Waals surface area contributed by atoms with E-state index in [0.717, 1.165) is 12.8 Å². The zero-order chi connectivity index (χ0) is 11.2. The molecular weight excluding hydrogens is 180 g/mol. The van der Waals surface area contributed by atoms with Gasteiger partial charge in [-0.3, -0.25) is 4.79 Å². The molecule has 0 spiro atoms. The number of hydrogen-bond donors (Lipinski definition) is 1. The molecule has 3 heteroatoms. The van der Waals surface area contributed by atoms with E-state index in [0.29, 0.717) is 13.0 Å². The molecule has 84 valence electrons. The largest absolute Gasteiger partial charge is 0.465 e. The van der Waals surface area contributed by atoms with Crippen LogP contribution in [0.4, 0.5) is 0 Å². The molecule has 0 aromatic rings. The highest BCUT2D eigenvalue weighted by molar-refractivity contribution is 5.68. The highest BCUT2D eigenvalue weighted by atomic mass is 16.5. The number of aliphatic hydroxyl groups is 1. The van der Waals surface area contributed by atoms with Gasteiger partial charge in [-0.15, -0.1) is 0 Å². The van der Waals surface area contributed by atoms with E-state index in [-0.39, 0.29) is 11.4 Å². The number of carbonyl (C=O) groups is 1. The van der Waals surface area contributed by atoms with Gasteiger partial charge in [-0.25, -0.2) is 0 Å². The van der Waals surface area contributed by atoms with Crippen molar-refractivity contribution in [2.75, 3.05) is 6.61 Å². The molecule has 1 unspecified atom stereocenters. The number of carbonyl (C=O) groups excluding carboxylic acids is 1. The van der Waals surface area contributed by atoms with E-state index < -0.39 is 6.10 Å². The van der Waals surface area contributed by atoms with Crippen LogP contribution in [0.5, 0.6) is 0 Å². The van der Waals surface area contributed by atoms with Crippen LogP contribution in [0.3, 0.4) is 0 Å². The quantitative estimate of drug-likeness (QED) is 0.671. The third-order valence-electron chi connectivity index (χ3n) is 2.36. The summed E-state index contributed by atoms with van der Waals surface area (Å²) in [6.07, 6.45) is 1.67.